The van der Waals surface area contributed by atoms with Crippen LogP contribution in [0.1, 0.15) is 18.9 Å². The second-order valence-electron chi connectivity index (χ2n) is 4.64. The summed E-state index contributed by atoms with van der Waals surface area (Å²) in [5.74, 6) is 0. The number of rotatable bonds is 6. The summed E-state index contributed by atoms with van der Waals surface area (Å²) in [6, 6.07) is 2.15. The second-order valence-corrected chi connectivity index (χ2v) is 4.64. The van der Waals surface area contributed by atoms with E-state index in [9.17, 15) is 0 Å². The zero-order valence-corrected chi connectivity index (χ0v) is 10.7. The van der Waals surface area contributed by atoms with Crippen LogP contribution in [0.3, 0.4) is 0 Å². The first-order valence-electron chi connectivity index (χ1n) is 6.26. The number of hydrogen-bond donors (Lipinski definition) is 1. The van der Waals surface area contributed by atoms with Crippen LogP contribution in [0.4, 0.5) is 0 Å². The van der Waals surface area contributed by atoms with Crippen LogP contribution in [0.2, 0.25) is 0 Å². The molecule has 0 aromatic carbocycles. The molecule has 0 spiro atoms. The van der Waals surface area contributed by atoms with Gasteiger partial charge < -0.3 is 19.4 Å². The van der Waals surface area contributed by atoms with Crippen LogP contribution in [0, 0.1) is 0 Å². The Bertz CT molecular complexity index is 343. The molecule has 1 unspecified atom stereocenters. The molecule has 1 atom stereocenters. The van der Waals surface area contributed by atoms with Crippen molar-refractivity contribution in [2.75, 3.05) is 26.9 Å². The van der Waals surface area contributed by atoms with Gasteiger partial charge in [0.2, 0.25) is 0 Å². The predicted octanol–water partition coefficient (Wildman–Crippen LogP) is 1.40. The molecule has 1 aromatic rings. The van der Waals surface area contributed by atoms with Gasteiger partial charge in [0.1, 0.15) is 5.60 Å². The maximum atomic E-state index is 5.57. The molecule has 1 aliphatic rings. The minimum absolute atomic E-state index is 0.118. The average molecular weight is 238 g/mol. The quantitative estimate of drug-likeness (QED) is 0.813. The van der Waals surface area contributed by atoms with E-state index in [4.69, 9.17) is 9.47 Å². The van der Waals surface area contributed by atoms with Gasteiger partial charge in [-0.1, -0.05) is 0 Å². The summed E-state index contributed by atoms with van der Waals surface area (Å²) in [7, 11) is 1.77. The van der Waals surface area contributed by atoms with E-state index < -0.39 is 0 Å². The first kappa shape index (κ1) is 12.6. The van der Waals surface area contributed by atoms with Crippen LogP contribution in [-0.2, 0) is 22.6 Å². The van der Waals surface area contributed by atoms with E-state index in [1.807, 2.05) is 0 Å². The molecule has 1 aromatic heterocycles. The fourth-order valence-corrected chi connectivity index (χ4v) is 2.19. The maximum absolute atomic E-state index is 5.57. The molecule has 0 bridgehead atoms. The number of hydrogen-bond acceptors (Lipinski definition) is 3. The Hall–Kier alpha value is -0.840. The van der Waals surface area contributed by atoms with Crippen LogP contribution >= 0.6 is 0 Å². The van der Waals surface area contributed by atoms with E-state index in [1.54, 1.807) is 7.11 Å². The summed E-state index contributed by atoms with van der Waals surface area (Å²) >= 11 is 0. The molecule has 1 N–H and O–H groups in total. The normalized spacial score (nSPS) is 24.4. The predicted molar refractivity (Wildman–Crippen MR) is 67.0 cm³/mol. The van der Waals surface area contributed by atoms with Gasteiger partial charge in [0.05, 0.1) is 6.61 Å². The molecule has 0 saturated carbocycles. The van der Waals surface area contributed by atoms with Crippen LogP contribution in [0.5, 0.6) is 0 Å². The van der Waals surface area contributed by atoms with Crippen molar-refractivity contribution >= 4 is 0 Å². The van der Waals surface area contributed by atoms with E-state index in [0.29, 0.717) is 6.61 Å². The molecule has 0 radical (unpaired) electrons. The average Bonchev–Trinajstić information content (AvgIpc) is 2.98. The molecule has 4 heteroatoms. The largest absolute Gasteiger partial charge is 0.378 e. The van der Waals surface area contributed by atoms with Gasteiger partial charge in [-0.15, -0.1) is 0 Å². The van der Waals surface area contributed by atoms with Gasteiger partial charge in [0.25, 0.3) is 0 Å². The first-order chi connectivity index (χ1) is 8.28. The Labute approximate surface area is 103 Å². The Morgan fingerprint density at radius 2 is 2.47 bits per heavy atom. The van der Waals surface area contributed by atoms with Crippen molar-refractivity contribution in [3.63, 3.8) is 0 Å². The smallest absolute Gasteiger partial charge is 0.106 e. The lowest BCUT2D eigenvalue weighted by Crippen LogP contribution is -2.42. The fourth-order valence-electron chi connectivity index (χ4n) is 2.19. The standard InChI is InChI=1S/C13H22N2O2/c1-3-15-6-4-12(9-15)8-14-10-13(16-2)5-7-17-11-13/h4,6,9,14H,3,5,7-8,10-11H2,1-2H3. The van der Waals surface area contributed by atoms with Crippen molar-refractivity contribution in [1.82, 2.24) is 9.88 Å². The SMILES string of the molecule is CCn1ccc(CNCC2(OC)CCOC2)c1. The van der Waals surface area contributed by atoms with E-state index in [-0.39, 0.29) is 5.60 Å². The number of methoxy groups -OCH3 is 1. The number of aryl methyl sites for hydroxylation is 1. The summed E-state index contributed by atoms with van der Waals surface area (Å²) in [4.78, 5) is 0. The molecule has 4 nitrogen and oxygen atoms in total. The van der Waals surface area contributed by atoms with Gasteiger partial charge in [-0.3, -0.25) is 0 Å². The van der Waals surface area contributed by atoms with Crippen molar-refractivity contribution in [1.29, 1.82) is 0 Å². The third-order valence-corrected chi connectivity index (χ3v) is 3.45. The van der Waals surface area contributed by atoms with Crippen molar-refractivity contribution in [3.8, 4) is 0 Å². The van der Waals surface area contributed by atoms with Gasteiger partial charge in [-0.25, -0.2) is 0 Å². The Morgan fingerprint density at radius 1 is 1.59 bits per heavy atom. The summed E-state index contributed by atoms with van der Waals surface area (Å²) in [5.41, 5.74) is 1.20. The Kier molecular flexibility index (Phi) is 4.20. The highest BCUT2D eigenvalue weighted by Gasteiger charge is 2.34. The van der Waals surface area contributed by atoms with Gasteiger partial charge in [-0.05, 0) is 18.6 Å². The molecular formula is C13H22N2O2. The summed E-state index contributed by atoms with van der Waals surface area (Å²) in [5, 5.41) is 3.45. The third kappa shape index (κ3) is 3.09. The second kappa shape index (κ2) is 5.67. The van der Waals surface area contributed by atoms with Gasteiger partial charge in [0, 0.05) is 52.2 Å². The number of ether oxygens (including phenoxy) is 2. The minimum Gasteiger partial charge on any atom is -0.378 e. The molecule has 0 aliphatic carbocycles. The summed E-state index contributed by atoms with van der Waals surface area (Å²) in [6.45, 7) is 6.41. The maximum Gasteiger partial charge on any atom is 0.106 e. The Balaban J connectivity index is 1.78. The lowest BCUT2D eigenvalue weighted by Gasteiger charge is -2.25. The molecular weight excluding hydrogens is 216 g/mol. The molecule has 2 heterocycles. The molecule has 1 aliphatic heterocycles. The summed E-state index contributed by atoms with van der Waals surface area (Å²) < 4.78 is 13.2. The van der Waals surface area contributed by atoms with Gasteiger partial charge >= 0.3 is 0 Å². The van der Waals surface area contributed by atoms with Crippen molar-refractivity contribution in [2.45, 2.75) is 32.0 Å². The Morgan fingerprint density at radius 3 is 3.06 bits per heavy atom. The summed E-state index contributed by atoms with van der Waals surface area (Å²) in [6.07, 6.45) is 5.27. The topological polar surface area (TPSA) is 35.4 Å². The number of nitrogens with zero attached hydrogens (tertiary/aromatic N) is 1. The minimum atomic E-state index is -0.118. The van der Waals surface area contributed by atoms with E-state index >= 15 is 0 Å². The third-order valence-electron chi connectivity index (χ3n) is 3.45. The van der Waals surface area contributed by atoms with Gasteiger partial charge in [-0.2, -0.15) is 0 Å². The highest BCUT2D eigenvalue weighted by atomic mass is 16.5. The van der Waals surface area contributed by atoms with E-state index in [2.05, 4.69) is 35.3 Å². The van der Waals surface area contributed by atoms with E-state index in [0.717, 1.165) is 32.7 Å². The van der Waals surface area contributed by atoms with Crippen LogP contribution < -0.4 is 5.32 Å². The lowest BCUT2D eigenvalue weighted by atomic mass is 10.0. The van der Waals surface area contributed by atoms with Crippen molar-refractivity contribution in [2.24, 2.45) is 0 Å². The molecule has 96 valence electrons. The monoisotopic (exact) mass is 238 g/mol. The lowest BCUT2D eigenvalue weighted by molar-refractivity contribution is -0.0159. The van der Waals surface area contributed by atoms with E-state index in [1.165, 1.54) is 5.56 Å². The number of nitrogens with one attached hydrogen (secondary N) is 1. The number of aromatic nitrogens is 1. The molecule has 17 heavy (non-hydrogen) atoms. The first-order valence-corrected chi connectivity index (χ1v) is 6.26. The zero-order chi connectivity index (χ0) is 12.1. The van der Waals surface area contributed by atoms with Crippen LogP contribution in [0.15, 0.2) is 18.5 Å². The molecule has 0 amide bonds. The highest BCUT2D eigenvalue weighted by molar-refractivity contribution is 5.10. The molecule has 2 rings (SSSR count). The molecule has 1 fully saturated rings. The highest BCUT2D eigenvalue weighted by Crippen LogP contribution is 2.21. The van der Waals surface area contributed by atoms with Crippen LogP contribution in [-0.4, -0.2) is 37.0 Å². The van der Waals surface area contributed by atoms with Crippen LogP contribution in [0.25, 0.3) is 0 Å². The fraction of sp³-hybridized carbons (Fsp3) is 0.692. The van der Waals surface area contributed by atoms with Crippen molar-refractivity contribution < 1.29 is 9.47 Å². The van der Waals surface area contributed by atoms with Gasteiger partial charge in [0.15, 0.2) is 0 Å². The van der Waals surface area contributed by atoms with Crippen molar-refractivity contribution in [3.05, 3.63) is 24.0 Å². The molecule has 1 saturated heterocycles. The zero-order valence-electron chi connectivity index (χ0n) is 10.7.